The van der Waals surface area contributed by atoms with Crippen LogP contribution < -0.4 is 0 Å². The lowest BCUT2D eigenvalue weighted by molar-refractivity contribution is -0.143. The van der Waals surface area contributed by atoms with Gasteiger partial charge in [0.2, 0.25) is 0 Å². The molecule has 4 heteroatoms. The molecule has 0 spiro atoms. The highest BCUT2D eigenvalue weighted by Gasteiger charge is 2.26. The minimum Gasteiger partial charge on any atom is -0.457 e. The maximum Gasteiger partial charge on any atom is 0.306 e. The molecule has 29 heavy (non-hydrogen) atoms. The van der Waals surface area contributed by atoms with Crippen LogP contribution in [0, 0.1) is 5.92 Å². The molecule has 3 aromatic rings. The van der Waals surface area contributed by atoms with Gasteiger partial charge in [0.15, 0.2) is 12.4 Å². The molecule has 0 atom stereocenters. The van der Waals surface area contributed by atoms with E-state index in [1.807, 2.05) is 18.3 Å². The van der Waals surface area contributed by atoms with Crippen LogP contribution in [0.1, 0.15) is 53.9 Å². The number of carbonyl (C=O) groups is 2. The third-order valence-electron chi connectivity index (χ3n) is 5.88. The molecule has 1 aromatic heterocycles. The van der Waals surface area contributed by atoms with Crippen LogP contribution >= 0.6 is 0 Å². The molecule has 1 saturated carbocycles. The Bertz CT molecular complexity index is 986. The zero-order chi connectivity index (χ0) is 20.1. The number of rotatable bonds is 6. The summed E-state index contributed by atoms with van der Waals surface area (Å²) in [6.45, 7) is -0.179. The molecular formula is C25H25NO3. The predicted octanol–water partition coefficient (Wildman–Crippen LogP) is 5.32. The third-order valence-corrected chi connectivity index (χ3v) is 5.88. The Kier molecular flexibility index (Phi) is 5.99. The van der Waals surface area contributed by atoms with Gasteiger partial charge in [-0.05, 0) is 55.2 Å². The van der Waals surface area contributed by atoms with Gasteiger partial charge in [0.05, 0.1) is 5.52 Å². The molecule has 148 valence electrons. The van der Waals surface area contributed by atoms with Crippen LogP contribution in [0.4, 0.5) is 0 Å². The fourth-order valence-corrected chi connectivity index (χ4v) is 4.30. The number of fused-ring (bicyclic) bond motifs is 1. The molecule has 1 fully saturated rings. The van der Waals surface area contributed by atoms with E-state index in [9.17, 15) is 9.59 Å². The Balaban J connectivity index is 1.27. The van der Waals surface area contributed by atoms with Gasteiger partial charge in [-0.15, -0.1) is 0 Å². The largest absolute Gasteiger partial charge is 0.457 e. The molecule has 1 aliphatic rings. The average Bonchev–Trinajstić information content (AvgIpc) is 2.78. The molecule has 0 N–H and O–H groups in total. The smallest absolute Gasteiger partial charge is 0.306 e. The van der Waals surface area contributed by atoms with Crippen LogP contribution in [0.5, 0.6) is 0 Å². The maximum absolute atomic E-state index is 12.2. The van der Waals surface area contributed by atoms with Gasteiger partial charge in [0.1, 0.15) is 0 Å². The van der Waals surface area contributed by atoms with Gasteiger partial charge in [-0.2, -0.15) is 0 Å². The molecule has 1 aliphatic carbocycles. The van der Waals surface area contributed by atoms with Crippen molar-refractivity contribution < 1.29 is 14.3 Å². The van der Waals surface area contributed by atoms with Crippen molar-refractivity contribution in [3.05, 3.63) is 78.0 Å². The molecule has 1 heterocycles. The van der Waals surface area contributed by atoms with Crippen molar-refractivity contribution in [3.63, 3.8) is 0 Å². The number of para-hydroxylation sites is 1. The Hall–Kier alpha value is -3.01. The first kappa shape index (κ1) is 19.3. The molecule has 4 nitrogen and oxygen atoms in total. The number of nitrogens with zero attached hydrogens (tertiary/aromatic N) is 1. The first-order chi connectivity index (χ1) is 14.2. The predicted molar refractivity (Wildman–Crippen MR) is 113 cm³/mol. The minimum atomic E-state index is -0.271. The topological polar surface area (TPSA) is 56.3 Å². The van der Waals surface area contributed by atoms with Gasteiger partial charge >= 0.3 is 5.97 Å². The minimum absolute atomic E-state index is 0.160. The van der Waals surface area contributed by atoms with E-state index in [1.54, 1.807) is 24.3 Å². The summed E-state index contributed by atoms with van der Waals surface area (Å²) in [5.41, 5.74) is 2.98. The number of carbonyl (C=O) groups excluding carboxylic acids is 2. The van der Waals surface area contributed by atoms with Crippen LogP contribution in [-0.4, -0.2) is 23.3 Å². The van der Waals surface area contributed by atoms with Crippen molar-refractivity contribution >= 4 is 22.7 Å². The number of Topliss-reactive ketones (excluding diaryl/α,β-unsaturated/α-hetero) is 1. The van der Waals surface area contributed by atoms with Crippen LogP contribution in [0.2, 0.25) is 0 Å². The first-order valence-electron chi connectivity index (χ1n) is 10.3. The van der Waals surface area contributed by atoms with Gasteiger partial charge < -0.3 is 4.74 Å². The van der Waals surface area contributed by atoms with Crippen molar-refractivity contribution in [2.45, 2.75) is 38.0 Å². The normalized spacial score (nSPS) is 19.0. The molecule has 0 amide bonds. The second kappa shape index (κ2) is 8.99. The summed E-state index contributed by atoms with van der Waals surface area (Å²) < 4.78 is 5.23. The number of hydrogen-bond acceptors (Lipinski definition) is 4. The summed E-state index contributed by atoms with van der Waals surface area (Å²) in [5, 5.41) is 1.23. The standard InChI is InChI=1S/C25H25NO3/c27-24(20-6-2-1-3-7-20)17-29-25(28)16-18-10-12-19(13-11-18)21-14-15-26-23-9-5-4-8-22(21)23/h1-9,14-15,18-19H,10-13,16-17H2/t18-,19+. The molecule has 0 aliphatic heterocycles. The van der Waals surface area contributed by atoms with E-state index in [0.29, 0.717) is 23.8 Å². The van der Waals surface area contributed by atoms with Crippen LogP contribution in [0.15, 0.2) is 66.9 Å². The van der Waals surface area contributed by atoms with Gasteiger partial charge in [0.25, 0.3) is 0 Å². The zero-order valence-electron chi connectivity index (χ0n) is 16.4. The van der Waals surface area contributed by atoms with Crippen molar-refractivity contribution in [1.82, 2.24) is 4.98 Å². The molecule has 0 saturated heterocycles. The van der Waals surface area contributed by atoms with Crippen molar-refractivity contribution in [1.29, 1.82) is 0 Å². The Morgan fingerprint density at radius 1 is 0.897 bits per heavy atom. The lowest BCUT2D eigenvalue weighted by Crippen LogP contribution is -2.20. The Morgan fingerprint density at radius 2 is 1.62 bits per heavy atom. The fraction of sp³-hybridized carbons (Fsp3) is 0.320. The number of ether oxygens (including phenoxy) is 1. The quantitative estimate of drug-likeness (QED) is 0.424. The molecule has 2 aromatic carbocycles. The molecule has 0 bridgehead atoms. The fourth-order valence-electron chi connectivity index (χ4n) is 4.30. The lowest BCUT2D eigenvalue weighted by Gasteiger charge is -2.29. The summed E-state index contributed by atoms with van der Waals surface area (Å²) in [6.07, 6.45) is 6.42. The van der Waals surface area contributed by atoms with Crippen LogP contribution in [0.25, 0.3) is 10.9 Å². The van der Waals surface area contributed by atoms with E-state index in [4.69, 9.17) is 4.74 Å². The summed E-state index contributed by atoms with van der Waals surface area (Å²) in [7, 11) is 0. The Labute approximate surface area is 170 Å². The van der Waals surface area contributed by atoms with E-state index in [0.717, 1.165) is 31.2 Å². The number of benzene rings is 2. The summed E-state index contributed by atoms with van der Waals surface area (Å²) in [6, 6.07) is 19.3. The molecular weight excluding hydrogens is 362 g/mol. The van der Waals surface area contributed by atoms with E-state index in [1.165, 1.54) is 10.9 Å². The van der Waals surface area contributed by atoms with Gasteiger partial charge in [-0.25, -0.2) is 0 Å². The van der Waals surface area contributed by atoms with Crippen LogP contribution in [-0.2, 0) is 9.53 Å². The lowest BCUT2D eigenvalue weighted by atomic mass is 9.77. The second-order valence-electron chi connectivity index (χ2n) is 7.79. The van der Waals surface area contributed by atoms with Gasteiger partial charge in [0, 0.05) is 23.6 Å². The Morgan fingerprint density at radius 3 is 2.41 bits per heavy atom. The zero-order valence-corrected chi connectivity index (χ0v) is 16.4. The van der Waals surface area contributed by atoms with E-state index in [2.05, 4.69) is 29.2 Å². The molecule has 0 radical (unpaired) electrons. The SMILES string of the molecule is O=C(C[C@H]1CC[C@@H](c2ccnc3ccccc32)CC1)OCC(=O)c1ccccc1. The number of esters is 1. The maximum atomic E-state index is 12.2. The number of pyridine rings is 1. The number of hydrogen-bond donors (Lipinski definition) is 0. The highest BCUT2D eigenvalue weighted by Crippen LogP contribution is 2.39. The van der Waals surface area contributed by atoms with Crippen molar-refractivity contribution in [2.24, 2.45) is 5.92 Å². The molecule has 4 rings (SSSR count). The first-order valence-corrected chi connectivity index (χ1v) is 10.3. The second-order valence-corrected chi connectivity index (χ2v) is 7.79. The van der Waals surface area contributed by atoms with E-state index < -0.39 is 0 Å². The van der Waals surface area contributed by atoms with E-state index in [-0.39, 0.29) is 18.4 Å². The third kappa shape index (κ3) is 4.70. The highest BCUT2D eigenvalue weighted by molar-refractivity contribution is 5.97. The molecule has 0 unspecified atom stereocenters. The van der Waals surface area contributed by atoms with E-state index >= 15 is 0 Å². The highest BCUT2D eigenvalue weighted by atomic mass is 16.5. The monoisotopic (exact) mass is 387 g/mol. The summed E-state index contributed by atoms with van der Waals surface area (Å²) in [5.74, 6) is 0.410. The van der Waals surface area contributed by atoms with Gasteiger partial charge in [-0.1, -0.05) is 48.5 Å². The summed E-state index contributed by atoms with van der Waals surface area (Å²) >= 11 is 0. The van der Waals surface area contributed by atoms with Crippen molar-refractivity contribution in [2.75, 3.05) is 6.61 Å². The number of ketones is 1. The van der Waals surface area contributed by atoms with Crippen LogP contribution in [0.3, 0.4) is 0 Å². The van der Waals surface area contributed by atoms with Gasteiger partial charge in [-0.3, -0.25) is 14.6 Å². The number of aromatic nitrogens is 1. The summed E-state index contributed by atoms with van der Waals surface area (Å²) in [4.78, 5) is 28.7. The van der Waals surface area contributed by atoms with Crippen molar-refractivity contribution in [3.8, 4) is 0 Å². The average molecular weight is 387 g/mol.